The SMILES string of the molecule is CCn1ccc(CNc2cccc3c2CCCC3)c1. The summed E-state index contributed by atoms with van der Waals surface area (Å²) in [5.74, 6) is 0. The van der Waals surface area contributed by atoms with Crippen LogP contribution in [0, 0.1) is 0 Å². The summed E-state index contributed by atoms with van der Waals surface area (Å²) in [4.78, 5) is 0. The third-order valence-corrected chi connectivity index (χ3v) is 4.06. The lowest BCUT2D eigenvalue weighted by Gasteiger charge is -2.20. The molecule has 0 saturated heterocycles. The van der Waals surface area contributed by atoms with Gasteiger partial charge in [-0.05, 0) is 61.4 Å². The van der Waals surface area contributed by atoms with Gasteiger partial charge in [0.05, 0.1) is 0 Å². The molecule has 0 fully saturated rings. The number of hydrogen-bond donors (Lipinski definition) is 1. The van der Waals surface area contributed by atoms with Crippen LogP contribution in [0.2, 0.25) is 0 Å². The van der Waals surface area contributed by atoms with Gasteiger partial charge >= 0.3 is 0 Å². The Bertz CT molecular complexity index is 554. The van der Waals surface area contributed by atoms with Gasteiger partial charge in [-0.2, -0.15) is 0 Å². The van der Waals surface area contributed by atoms with Gasteiger partial charge in [0.25, 0.3) is 0 Å². The van der Waals surface area contributed by atoms with Gasteiger partial charge in [-0.15, -0.1) is 0 Å². The Morgan fingerprint density at radius 3 is 2.89 bits per heavy atom. The van der Waals surface area contributed by atoms with Crippen molar-refractivity contribution in [1.29, 1.82) is 0 Å². The lowest BCUT2D eigenvalue weighted by atomic mass is 9.90. The van der Waals surface area contributed by atoms with Crippen LogP contribution in [0.3, 0.4) is 0 Å². The van der Waals surface area contributed by atoms with Crippen LogP contribution < -0.4 is 5.32 Å². The maximum Gasteiger partial charge on any atom is 0.0415 e. The number of aryl methyl sites for hydroxylation is 2. The van der Waals surface area contributed by atoms with Gasteiger partial charge in [-0.1, -0.05) is 12.1 Å². The Morgan fingerprint density at radius 1 is 1.16 bits per heavy atom. The molecule has 1 heterocycles. The number of nitrogens with one attached hydrogen (secondary N) is 1. The van der Waals surface area contributed by atoms with Crippen LogP contribution in [0.1, 0.15) is 36.5 Å². The van der Waals surface area contributed by atoms with Crippen LogP contribution in [-0.4, -0.2) is 4.57 Å². The fraction of sp³-hybridized carbons (Fsp3) is 0.412. The van der Waals surface area contributed by atoms with Gasteiger partial charge in [-0.25, -0.2) is 0 Å². The van der Waals surface area contributed by atoms with Crippen molar-refractivity contribution in [2.45, 2.75) is 45.7 Å². The number of rotatable bonds is 4. The summed E-state index contributed by atoms with van der Waals surface area (Å²) in [6.45, 7) is 4.13. The Hall–Kier alpha value is -1.70. The zero-order valence-electron chi connectivity index (χ0n) is 11.7. The van der Waals surface area contributed by atoms with E-state index in [2.05, 4.69) is 53.5 Å². The highest BCUT2D eigenvalue weighted by Crippen LogP contribution is 2.28. The van der Waals surface area contributed by atoms with Crippen molar-refractivity contribution in [1.82, 2.24) is 4.57 Å². The summed E-state index contributed by atoms with van der Waals surface area (Å²) in [6, 6.07) is 8.89. The minimum Gasteiger partial charge on any atom is -0.381 e. The number of nitrogens with zero attached hydrogens (tertiary/aromatic N) is 1. The second kappa shape index (κ2) is 5.52. The summed E-state index contributed by atoms with van der Waals surface area (Å²) in [7, 11) is 0. The van der Waals surface area contributed by atoms with Crippen LogP contribution in [0.5, 0.6) is 0 Å². The van der Waals surface area contributed by atoms with Crippen LogP contribution in [0.15, 0.2) is 36.7 Å². The van der Waals surface area contributed by atoms with Gasteiger partial charge in [-0.3, -0.25) is 0 Å². The molecule has 1 aromatic carbocycles. The van der Waals surface area contributed by atoms with Crippen molar-refractivity contribution in [2.75, 3.05) is 5.32 Å². The molecule has 0 aliphatic heterocycles. The van der Waals surface area contributed by atoms with Crippen molar-refractivity contribution in [3.05, 3.63) is 53.3 Å². The molecule has 1 N–H and O–H groups in total. The molecule has 2 nitrogen and oxygen atoms in total. The topological polar surface area (TPSA) is 17.0 Å². The molecule has 0 bridgehead atoms. The van der Waals surface area contributed by atoms with E-state index < -0.39 is 0 Å². The molecular formula is C17H22N2. The number of anilines is 1. The number of aromatic nitrogens is 1. The number of benzene rings is 1. The molecule has 19 heavy (non-hydrogen) atoms. The molecular weight excluding hydrogens is 232 g/mol. The van der Waals surface area contributed by atoms with Crippen LogP contribution in [0.25, 0.3) is 0 Å². The molecule has 0 atom stereocenters. The first-order valence-electron chi connectivity index (χ1n) is 7.36. The lowest BCUT2D eigenvalue weighted by molar-refractivity contribution is 0.686. The maximum absolute atomic E-state index is 3.61. The standard InChI is InChI=1S/C17H22N2/c1-2-19-11-10-14(13-19)12-18-17-9-5-7-15-6-3-4-8-16(15)17/h5,7,9-11,13,18H,2-4,6,8,12H2,1H3. The predicted octanol–water partition coefficient (Wildman–Crippen LogP) is 4.00. The van der Waals surface area contributed by atoms with Gasteiger partial charge in [0.1, 0.15) is 0 Å². The molecule has 1 aliphatic carbocycles. The van der Waals surface area contributed by atoms with Crippen molar-refractivity contribution >= 4 is 5.69 Å². The number of hydrogen-bond acceptors (Lipinski definition) is 1. The summed E-state index contributed by atoms with van der Waals surface area (Å²) >= 11 is 0. The van der Waals surface area contributed by atoms with E-state index in [1.807, 2.05) is 0 Å². The largest absolute Gasteiger partial charge is 0.381 e. The first-order chi connectivity index (χ1) is 9.36. The van der Waals surface area contributed by atoms with Gasteiger partial charge in [0, 0.05) is 31.2 Å². The van der Waals surface area contributed by atoms with Gasteiger partial charge < -0.3 is 9.88 Å². The fourth-order valence-corrected chi connectivity index (χ4v) is 2.94. The molecule has 0 radical (unpaired) electrons. The molecule has 3 rings (SSSR count). The Kier molecular flexibility index (Phi) is 3.58. The molecule has 1 aliphatic rings. The normalized spacial score (nSPS) is 14.2. The molecule has 1 aromatic heterocycles. The first kappa shape index (κ1) is 12.3. The predicted molar refractivity (Wildman–Crippen MR) is 80.5 cm³/mol. The van der Waals surface area contributed by atoms with Gasteiger partial charge in [0.2, 0.25) is 0 Å². The highest BCUT2D eigenvalue weighted by atomic mass is 14.9. The van der Waals surface area contributed by atoms with E-state index in [9.17, 15) is 0 Å². The molecule has 2 aromatic rings. The van der Waals surface area contributed by atoms with Crippen molar-refractivity contribution in [2.24, 2.45) is 0 Å². The first-order valence-corrected chi connectivity index (χ1v) is 7.36. The second-order valence-electron chi connectivity index (χ2n) is 5.35. The quantitative estimate of drug-likeness (QED) is 0.872. The van der Waals surface area contributed by atoms with E-state index in [0.29, 0.717) is 0 Å². The highest BCUT2D eigenvalue weighted by Gasteiger charge is 2.12. The second-order valence-corrected chi connectivity index (χ2v) is 5.35. The molecule has 0 unspecified atom stereocenters. The van der Waals surface area contributed by atoms with Crippen molar-refractivity contribution in [3.8, 4) is 0 Å². The minimum atomic E-state index is 0.920. The van der Waals surface area contributed by atoms with Crippen molar-refractivity contribution < 1.29 is 0 Å². The average molecular weight is 254 g/mol. The third kappa shape index (κ3) is 2.67. The summed E-state index contributed by atoms with van der Waals surface area (Å²) < 4.78 is 2.22. The smallest absolute Gasteiger partial charge is 0.0415 e. The highest BCUT2D eigenvalue weighted by molar-refractivity contribution is 5.55. The third-order valence-electron chi connectivity index (χ3n) is 4.06. The van der Waals surface area contributed by atoms with Crippen molar-refractivity contribution in [3.63, 3.8) is 0 Å². The molecule has 100 valence electrons. The van der Waals surface area contributed by atoms with Crippen LogP contribution in [-0.2, 0) is 25.9 Å². The van der Waals surface area contributed by atoms with E-state index in [1.54, 1.807) is 11.1 Å². The van der Waals surface area contributed by atoms with E-state index >= 15 is 0 Å². The summed E-state index contributed by atoms with van der Waals surface area (Å²) in [5, 5.41) is 3.61. The zero-order valence-corrected chi connectivity index (χ0v) is 11.7. The van der Waals surface area contributed by atoms with Gasteiger partial charge in [0.15, 0.2) is 0 Å². The Balaban J connectivity index is 1.73. The molecule has 0 amide bonds. The monoisotopic (exact) mass is 254 g/mol. The zero-order chi connectivity index (χ0) is 13.1. The Morgan fingerprint density at radius 2 is 2.05 bits per heavy atom. The number of fused-ring (bicyclic) bond motifs is 1. The maximum atomic E-state index is 3.61. The van der Waals surface area contributed by atoms with Crippen LogP contribution >= 0.6 is 0 Å². The molecule has 2 heteroatoms. The summed E-state index contributed by atoms with van der Waals surface area (Å²) in [6.07, 6.45) is 9.53. The van der Waals surface area contributed by atoms with E-state index in [0.717, 1.165) is 13.1 Å². The van der Waals surface area contributed by atoms with Crippen LogP contribution in [0.4, 0.5) is 5.69 Å². The molecule has 0 saturated carbocycles. The summed E-state index contributed by atoms with van der Waals surface area (Å²) in [5.41, 5.74) is 5.78. The average Bonchev–Trinajstić information content (AvgIpc) is 2.93. The van der Waals surface area contributed by atoms with E-state index in [4.69, 9.17) is 0 Å². The molecule has 0 spiro atoms. The lowest BCUT2D eigenvalue weighted by Crippen LogP contribution is -2.08. The van der Waals surface area contributed by atoms with E-state index in [-0.39, 0.29) is 0 Å². The van der Waals surface area contributed by atoms with E-state index in [1.165, 1.54) is 36.9 Å². The Labute approximate surface area is 115 Å². The minimum absolute atomic E-state index is 0.920. The fourth-order valence-electron chi connectivity index (χ4n) is 2.94.